The van der Waals surface area contributed by atoms with Crippen LogP contribution in [-0.4, -0.2) is 21.9 Å². The normalized spacial score (nSPS) is 14.8. The molecule has 0 unspecified atom stereocenters. The number of hydrogen-bond donors (Lipinski definition) is 1. The molecule has 0 spiro atoms. The molecule has 0 aliphatic heterocycles. The minimum atomic E-state index is 0.0482. The second kappa shape index (κ2) is 4.29. The molecule has 0 aromatic rings. The minimum Gasteiger partial charge on any atom is -0.398 e. The van der Waals surface area contributed by atoms with Crippen molar-refractivity contribution in [1.82, 2.24) is 5.32 Å². The Kier molecular flexibility index (Phi) is 4.00. The van der Waals surface area contributed by atoms with Crippen LogP contribution < -0.4 is 5.32 Å². The van der Waals surface area contributed by atoms with E-state index in [0.717, 1.165) is 11.3 Å². The van der Waals surface area contributed by atoms with E-state index in [2.05, 4.69) is 36.3 Å². The molecule has 0 heterocycles. The number of nitrogens with one attached hydrogen (secondary N) is 1. The average molecular weight is 167 g/mol. The molecule has 0 aliphatic carbocycles. The molecule has 0 rings (SSSR count). The van der Waals surface area contributed by atoms with Gasteiger partial charge in [-0.3, -0.25) is 0 Å². The Hall–Kier alpha value is -0.795. The van der Waals surface area contributed by atoms with Gasteiger partial charge >= 0.3 is 0 Å². The summed E-state index contributed by atoms with van der Waals surface area (Å²) in [6.45, 7) is 6.37. The van der Waals surface area contributed by atoms with Crippen molar-refractivity contribution in [3.63, 3.8) is 0 Å². The molecule has 0 saturated heterocycles. The van der Waals surface area contributed by atoms with Gasteiger partial charge in [0, 0.05) is 19.5 Å². The van der Waals surface area contributed by atoms with Gasteiger partial charge in [0.15, 0.2) is 7.85 Å². The highest BCUT2D eigenvalue weighted by Crippen LogP contribution is 2.27. The summed E-state index contributed by atoms with van der Waals surface area (Å²) < 4.78 is 0. The van der Waals surface area contributed by atoms with Crippen molar-refractivity contribution in [2.75, 3.05) is 14.1 Å². The zero-order valence-corrected chi connectivity index (χ0v) is 8.89. The third kappa shape index (κ3) is 3.07. The Morgan fingerprint density at radius 1 is 1.33 bits per heavy atom. The lowest BCUT2D eigenvalue weighted by Crippen LogP contribution is -2.17. The molecule has 0 aromatic heterocycles. The lowest BCUT2D eigenvalue weighted by molar-refractivity contribution is 0.486. The minimum absolute atomic E-state index is 0.0482. The largest absolute Gasteiger partial charge is 0.398 e. The van der Waals surface area contributed by atoms with E-state index in [-0.39, 0.29) is 5.41 Å². The first-order valence-corrected chi connectivity index (χ1v) is 4.12. The molecule has 0 bridgehead atoms. The van der Waals surface area contributed by atoms with Gasteiger partial charge in [-0.05, 0) is 5.60 Å². The molecular weight excluding hydrogens is 149 g/mol. The van der Waals surface area contributed by atoms with E-state index in [1.165, 1.54) is 0 Å². The summed E-state index contributed by atoms with van der Waals surface area (Å²) in [5, 5.41) is 11.0. The van der Waals surface area contributed by atoms with Crippen LogP contribution in [0.1, 0.15) is 20.8 Å². The molecule has 3 nitrogen and oxygen atoms in total. The Morgan fingerprint density at radius 2 is 1.83 bits per heavy atom. The molecule has 0 aliphatic rings. The van der Waals surface area contributed by atoms with Gasteiger partial charge < -0.3 is 5.32 Å². The Balaban J connectivity index is 4.92. The second-order valence-electron chi connectivity index (χ2n) is 3.77. The summed E-state index contributed by atoms with van der Waals surface area (Å²) in [6, 6.07) is 0. The average Bonchev–Trinajstić information content (AvgIpc) is 1.96. The molecule has 1 N–H and O–H groups in total. The Labute approximate surface area is 75.8 Å². The first kappa shape index (κ1) is 11.2. The fourth-order valence-electron chi connectivity index (χ4n) is 1.01. The summed E-state index contributed by atoms with van der Waals surface area (Å²) in [6.07, 6.45) is 0. The monoisotopic (exact) mass is 167 g/mol. The van der Waals surface area contributed by atoms with E-state index >= 15 is 0 Å². The van der Waals surface area contributed by atoms with Gasteiger partial charge in [-0.1, -0.05) is 20.8 Å². The zero-order chi connectivity index (χ0) is 9.78. The fourth-order valence-corrected chi connectivity index (χ4v) is 1.01. The van der Waals surface area contributed by atoms with Crippen LogP contribution in [0.4, 0.5) is 0 Å². The van der Waals surface area contributed by atoms with Crippen LogP contribution >= 0.6 is 0 Å². The van der Waals surface area contributed by atoms with Gasteiger partial charge in [-0.15, -0.1) is 0 Å². The summed E-state index contributed by atoms with van der Waals surface area (Å²) in [5.41, 5.74) is 2.13. The highest BCUT2D eigenvalue weighted by Gasteiger charge is 2.18. The van der Waals surface area contributed by atoms with E-state index in [1.807, 2.05) is 14.9 Å². The van der Waals surface area contributed by atoms with Crippen molar-refractivity contribution in [2.45, 2.75) is 20.8 Å². The molecule has 0 saturated carbocycles. The van der Waals surface area contributed by atoms with Crippen molar-refractivity contribution >= 4 is 7.85 Å². The number of hydrogen-bond acceptors (Lipinski definition) is 3. The van der Waals surface area contributed by atoms with E-state index < -0.39 is 0 Å². The van der Waals surface area contributed by atoms with Gasteiger partial charge in [-0.25, -0.2) is 0 Å². The lowest BCUT2D eigenvalue weighted by Gasteiger charge is -2.20. The van der Waals surface area contributed by atoms with Crippen LogP contribution in [0.2, 0.25) is 0 Å². The maximum Gasteiger partial charge on any atom is 0.162 e. The van der Waals surface area contributed by atoms with Crippen molar-refractivity contribution in [1.29, 1.82) is 0 Å². The molecule has 0 aromatic carbocycles. The molecule has 68 valence electrons. The van der Waals surface area contributed by atoms with Gasteiger partial charge in [0.1, 0.15) is 0 Å². The Morgan fingerprint density at radius 3 is 2.08 bits per heavy atom. The molecule has 0 fully saturated rings. The SMILES string of the molecule is B/C(NC)=C(/N=N\C)C(C)(C)C. The highest BCUT2D eigenvalue weighted by molar-refractivity contribution is 6.21. The van der Waals surface area contributed by atoms with E-state index in [9.17, 15) is 0 Å². The molecule has 12 heavy (non-hydrogen) atoms. The van der Waals surface area contributed by atoms with Crippen molar-refractivity contribution in [3.8, 4) is 0 Å². The van der Waals surface area contributed by atoms with Crippen LogP contribution in [0.15, 0.2) is 21.5 Å². The van der Waals surface area contributed by atoms with Crippen molar-refractivity contribution in [2.24, 2.45) is 15.6 Å². The number of nitrogens with zero attached hydrogens (tertiary/aromatic N) is 2. The van der Waals surface area contributed by atoms with Gasteiger partial charge in [0.25, 0.3) is 0 Å². The molecule has 0 amide bonds. The predicted octanol–water partition coefficient (Wildman–Crippen LogP) is 1.14. The zero-order valence-electron chi connectivity index (χ0n) is 8.89. The highest BCUT2D eigenvalue weighted by atomic mass is 15.1. The second-order valence-corrected chi connectivity index (χ2v) is 3.77. The van der Waals surface area contributed by atoms with Crippen LogP contribution in [0.5, 0.6) is 0 Å². The molecule has 0 radical (unpaired) electrons. The van der Waals surface area contributed by atoms with Crippen LogP contribution in [-0.2, 0) is 0 Å². The summed E-state index contributed by atoms with van der Waals surface area (Å²) >= 11 is 0. The van der Waals surface area contributed by atoms with Crippen LogP contribution in [0.3, 0.4) is 0 Å². The standard InChI is InChI=1S/C8H18BN3/c1-8(2,3)6(12-11-5)7(9)10-4/h10H,9H2,1-5H3/b7-6-,12-11-. The van der Waals surface area contributed by atoms with E-state index in [4.69, 9.17) is 0 Å². The van der Waals surface area contributed by atoms with Gasteiger partial charge in [0.2, 0.25) is 0 Å². The number of azo groups is 1. The lowest BCUT2D eigenvalue weighted by atomic mass is 9.86. The fraction of sp³-hybridized carbons (Fsp3) is 0.750. The van der Waals surface area contributed by atoms with E-state index in [0.29, 0.717) is 0 Å². The van der Waals surface area contributed by atoms with Gasteiger partial charge in [0.05, 0.1) is 5.70 Å². The van der Waals surface area contributed by atoms with Crippen molar-refractivity contribution in [3.05, 3.63) is 11.3 Å². The third-order valence-electron chi connectivity index (χ3n) is 1.64. The quantitative estimate of drug-likeness (QED) is 0.485. The first-order valence-electron chi connectivity index (χ1n) is 4.12. The molecular formula is C8H18BN3. The Bertz CT molecular complexity index is 201. The summed E-state index contributed by atoms with van der Waals surface area (Å²) in [5.74, 6) is 0. The van der Waals surface area contributed by atoms with Crippen LogP contribution in [0.25, 0.3) is 0 Å². The third-order valence-corrected chi connectivity index (χ3v) is 1.64. The first-order chi connectivity index (χ1) is 5.43. The molecule has 4 heteroatoms. The topological polar surface area (TPSA) is 36.8 Å². The van der Waals surface area contributed by atoms with Crippen molar-refractivity contribution < 1.29 is 0 Å². The predicted molar refractivity (Wildman–Crippen MR) is 54.9 cm³/mol. The maximum atomic E-state index is 4.11. The summed E-state index contributed by atoms with van der Waals surface area (Å²) in [4.78, 5) is 0. The number of allylic oxidation sites excluding steroid dienone is 1. The van der Waals surface area contributed by atoms with E-state index in [1.54, 1.807) is 7.05 Å². The van der Waals surface area contributed by atoms with Crippen LogP contribution in [0, 0.1) is 5.41 Å². The van der Waals surface area contributed by atoms with Gasteiger partial charge in [-0.2, -0.15) is 10.2 Å². The maximum absolute atomic E-state index is 4.11. The molecule has 0 atom stereocenters. The number of rotatable bonds is 2. The summed E-state index contributed by atoms with van der Waals surface area (Å²) in [7, 11) is 5.59. The smallest absolute Gasteiger partial charge is 0.162 e.